The molecule has 2 nitrogen and oxygen atoms in total. The van der Waals surface area contributed by atoms with Crippen molar-refractivity contribution in [3.05, 3.63) is 91.1 Å². The van der Waals surface area contributed by atoms with Gasteiger partial charge in [-0.25, -0.2) is 18.6 Å². The van der Waals surface area contributed by atoms with Crippen molar-refractivity contribution in [3.8, 4) is 0 Å². The van der Waals surface area contributed by atoms with E-state index in [-0.39, 0.29) is 17.1 Å². The van der Waals surface area contributed by atoms with Gasteiger partial charge in [0.2, 0.25) is 0 Å². The second-order valence-electron chi connectivity index (χ2n) is 5.92. The summed E-state index contributed by atoms with van der Waals surface area (Å²) < 4.78 is 13.7. The Morgan fingerprint density at radius 2 is 1.88 bits per heavy atom. The molecule has 0 amide bonds. The van der Waals surface area contributed by atoms with Gasteiger partial charge < -0.3 is 0 Å². The van der Waals surface area contributed by atoms with Gasteiger partial charge in [-0.05, 0) is 0 Å². The van der Waals surface area contributed by atoms with E-state index in [1.165, 1.54) is 5.56 Å². The fraction of sp³-hybridized carbons (Fsp3) is 0.238. The minimum Gasteiger partial charge on any atom is -0.231 e. The van der Waals surface area contributed by atoms with Gasteiger partial charge in [0.1, 0.15) is 0 Å². The van der Waals surface area contributed by atoms with Crippen LogP contribution in [0.5, 0.6) is 0 Å². The number of benzene rings is 1. The Morgan fingerprint density at radius 3 is 2.40 bits per heavy atom. The molecule has 0 saturated carbocycles. The zero-order valence-electron chi connectivity index (χ0n) is 14.9. The summed E-state index contributed by atoms with van der Waals surface area (Å²) in [5.74, 6) is 0. The molecule has 25 heavy (non-hydrogen) atoms. The van der Waals surface area contributed by atoms with Crippen LogP contribution in [0.4, 0.5) is 0 Å². The minimum atomic E-state index is -2.00. The summed E-state index contributed by atoms with van der Waals surface area (Å²) in [7, 11) is 4.11. The van der Waals surface area contributed by atoms with Gasteiger partial charge in [-0.2, -0.15) is 0 Å². The van der Waals surface area contributed by atoms with Crippen LogP contribution >= 0.6 is 0 Å². The molecule has 134 valence electrons. The quantitative estimate of drug-likeness (QED) is 0.521. The van der Waals surface area contributed by atoms with Crippen molar-refractivity contribution >= 4 is 18.3 Å². The molecule has 0 heterocycles. The first-order chi connectivity index (χ1) is 11.6. The molecule has 0 aliphatic heterocycles. The molecule has 1 aliphatic rings. The molecule has 4 heteroatoms. The topological polar surface area (TPSA) is 20.3 Å². The average molecular weight is 442 g/mol. The van der Waals surface area contributed by atoms with Gasteiger partial charge in [0.05, 0.1) is 0 Å². The molecule has 0 N–H and O–H groups in total. The molecule has 2 aromatic carbocycles. The molecular formula is C21H25FeNOSe. The van der Waals surface area contributed by atoms with Crippen molar-refractivity contribution in [2.75, 3.05) is 14.1 Å². The summed E-state index contributed by atoms with van der Waals surface area (Å²) in [6.45, 7) is 2.15. The van der Waals surface area contributed by atoms with E-state index >= 15 is 0 Å². The standard InChI is InChI=1S/C16H20NOSe.C5H5.Fe/c1-13(17(2)3)15-10-7-11-16(15)19(18)12-14-8-5-4-6-9-14;1-2-4-5-3-1;/h4-11,13H,12H2,1-3H3;1-5H;/q2*-1;+2. The fourth-order valence-electron chi connectivity index (χ4n) is 2.37. The van der Waals surface area contributed by atoms with Gasteiger partial charge in [-0.3, -0.25) is 0 Å². The van der Waals surface area contributed by atoms with Crippen molar-refractivity contribution in [2.45, 2.75) is 18.3 Å². The third-order valence-corrected chi connectivity index (χ3v) is 7.03. The first kappa shape index (κ1) is 22.0. The molecule has 2 radical (unpaired) electrons. The maximum absolute atomic E-state index is 12.6. The van der Waals surface area contributed by atoms with Crippen LogP contribution in [-0.2, 0) is 26.2 Å². The molecule has 0 saturated heterocycles. The molecule has 0 bridgehead atoms. The summed E-state index contributed by atoms with van der Waals surface area (Å²) in [5, 5.41) is 0.679. The molecule has 3 rings (SSSR count). The van der Waals surface area contributed by atoms with Gasteiger partial charge in [0.25, 0.3) is 0 Å². The number of hydrogen-bond donors (Lipinski definition) is 0. The van der Waals surface area contributed by atoms with Gasteiger partial charge in [0, 0.05) is 0 Å². The summed E-state index contributed by atoms with van der Waals surface area (Å²) in [5.41, 5.74) is 2.37. The molecule has 2 aromatic rings. The van der Waals surface area contributed by atoms with E-state index in [1.807, 2.05) is 73.9 Å². The Morgan fingerprint density at radius 1 is 1.16 bits per heavy atom. The van der Waals surface area contributed by atoms with E-state index in [0.29, 0.717) is 11.4 Å². The van der Waals surface area contributed by atoms with Crippen molar-refractivity contribution in [3.63, 3.8) is 0 Å². The second kappa shape index (κ2) is 11.6. The second-order valence-corrected chi connectivity index (χ2v) is 8.90. The summed E-state index contributed by atoms with van der Waals surface area (Å²) in [6.07, 6.45) is 10.0. The van der Waals surface area contributed by atoms with Crippen LogP contribution in [0.2, 0.25) is 0 Å². The Balaban J connectivity index is 0.000000448. The number of hydrogen-bond acceptors (Lipinski definition) is 2. The number of nitrogens with zero attached hydrogens (tertiary/aromatic N) is 1. The van der Waals surface area contributed by atoms with E-state index in [4.69, 9.17) is 0 Å². The molecule has 0 spiro atoms. The third-order valence-electron chi connectivity index (χ3n) is 3.97. The van der Waals surface area contributed by atoms with Crippen molar-refractivity contribution in [2.24, 2.45) is 0 Å². The zero-order chi connectivity index (χ0) is 17.4. The zero-order valence-corrected chi connectivity index (χ0v) is 17.7. The van der Waals surface area contributed by atoms with E-state index < -0.39 is 13.8 Å². The van der Waals surface area contributed by atoms with Crippen LogP contribution in [-0.4, -0.2) is 32.8 Å². The van der Waals surface area contributed by atoms with E-state index in [2.05, 4.69) is 32.0 Å². The van der Waals surface area contributed by atoms with E-state index in [0.717, 1.165) is 10.0 Å². The van der Waals surface area contributed by atoms with Crippen LogP contribution in [0.3, 0.4) is 0 Å². The molecule has 1 aliphatic carbocycles. The number of allylic oxidation sites excluding steroid dienone is 2. The van der Waals surface area contributed by atoms with E-state index in [9.17, 15) is 3.83 Å². The summed E-state index contributed by atoms with van der Waals surface area (Å²) in [6, 6.07) is 16.5. The maximum Gasteiger partial charge on any atom is 2.00 e. The normalized spacial score (nSPS) is 14.9. The molecule has 2 unspecified atom stereocenters. The predicted octanol–water partition coefficient (Wildman–Crippen LogP) is 3.61. The number of rotatable bonds is 5. The van der Waals surface area contributed by atoms with Gasteiger partial charge in [0.15, 0.2) is 0 Å². The summed E-state index contributed by atoms with van der Waals surface area (Å²) >= 11 is -2.00. The SMILES string of the molecule is CC([c-]1cccc1[Se](=O)Cc1ccccc1)N(C)C.[CH]1[CH][CH-]C=C1.[Fe+2]. The Bertz CT molecular complexity index is 658. The van der Waals surface area contributed by atoms with Crippen molar-refractivity contribution in [1.82, 2.24) is 4.90 Å². The van der Waals surface area contributed by atoms with Crippen molar-refractivity contribution in [1.29, 1.82) is 0 Å². The molecule has 0 aromatic heterocycles. The van der Waals surface area contributed by atoms with Crippen LogP contribution in [0.25, 0.3) is 0 Å². The van der Waals surface area contributed by atoms with E-state index in [1.54, 1.807) is 0 Å². The van der Waals surface area contributed by atoms with Crippen LogP contribution in [0.1, 0.15) is 24.1 Å². The average Bonchev–Trinajstić information content (AvgIpc) is 3.29. The Kier molecular flexibility index (Phi) is 10.2. The Labute approximate surface area is 167 Å². The first-order valence-corrected chi connectivity index (χ1v) is 10.9. The predicted molar refractivity (Wildman–Crippen MR) is 102 cm³/mol. The summed E-state index contributed by atoms with van der Waals surface area (Å²) in [4.78, 5) is 2.15. The Hall–Kier alpha value is -1.02. The molecular weight excluding hydrogens is 417 g/mol. The fourth-order valence-corrected chi connectivity index (χ4v) is 5.27. The van der Waals surface area contributed by atoms with Gasteiger partial charge in [-0.1, -0.05) is 0 Å². The minimum absolute atomic E-state index is 0. The van der Waals surface area contributed by atoms with Gasteiger partial charge >= 0.3 is 136 Å². The maximum atomic E-state index is 12.6. The van der Waals surface area contributed by atoms with Gasteiger partial charge in [-0.15, -0.1) is 12.8 Å². The van der Waals surface area contributed by atoms with Crippen LogP contribution < -0.4 is 4.46 Å². The molecule has 2 atom stereocenters. The van der Waals surface area contributed by atoms with Crippen molar-refractivity contribution < 1.29 is 20.9 Å². The molecule has 0 fully saturated rings. The smallest absolute Gasteiger partial charge is 0.231 e. The monoisotopic (exact) mass is 443 g/mol. The first-order valence-electron chi connectivity index (χ1n) is 8.10. The van der Waals surface area contributed by atoms with Crippen LogP contribution in [0.15, 0.2) is 60.7 Å². The third kappa shape index (κ3) is 7.01. The van der Waals surface area contributed by atoms with Crippen LogP contribution in [0, 0.1) is 19.3 Å². The largest absolute Gasteiger partial charge is 2.00 e.